The highest BCUT2D eigenvalue weighted by molar-refractivity contribution is 7.90. The Bertz CT molecular complexity index is 1310. The largest absolute Gasteiger partial charge is 0.362 e. The number of carbonyl (C=O) groups is 1. The normalized spacial score (nSPS) is 16.0. The number of aryl methyl sites for hydroxylation is 1. The fraction of sp³-hybridized carbons (Fsp3) is 0.360. The Morgan fingerprint density at radius 3 is 2.71 bits per heavy atom. The number of aromatic nitrogens is 1. The fourth-order valence-electron chi connectivity index (χ4n) is 4.20. The van der Waals surface area contributed by atoms with E-state index >= 15 is 0 Å². The maximum atomic E-state index is 13.1. The molecule has 1 N–H and O–H groups in total. The van der Waals surface area contributed by atoms with Crippen molar-refractivity contribution in [3.05, 3.63) is 69.7 Å². The SMILES string of the molecule is Cc1cc(C(=O)Nc2cccc(S(=O)(=O)/N=C3\CCCCCN3C)c2)c(C)n1Cc1cccs1. The summed E-state index contributed by atoms with van der Waals surface area (Å²) >= 11 is 1.68. The molecule has 0 radical (unpaired) electrons. The van der Waals surface area contributed by atoms with Crippen LogP contribution >= 0.6 is 11.3 Å². The van der Waals surface area contributed by atoms with Crippen molar-refractivity contribution in [1.82, 2.24) is 9.47 Å². The molecular formula is C25H30N4O3S2. The van der Waals surface area contributed by atoms with Gasteiger partial charge < -0.3 is 14.8 Å². The number of carbonyl (C=O) groups excluding carboxylic acids is 1. The van der Waals surface area contributed by atoms with Crippen LogP contribution in [0, 0.1) is 13.8 Å². The van der Waals surface area contributed by atoms with E-state index in [1.807, 2.05) is 43.3 Å². The number of likely N-dealkylation sites (tertiary alicyclic amines) is 1. The summed E-state index contributed by atoms with van der Waals surface area (Å²) in [7, 11) is -2.00. The molecule has 0 bridgehead atoms. The van der Waals surface area contributed by atoms with Crippen molar-refractivity contribution in [2.45, 2.75) is 51.0 Å². The highest BCUT2D eigenvalue weighted by Crippen LogP contribution is 2.23. The van der Waals surface area contributed by atoms with E-state index in [9.17, 15) is 13.2 Å². The van der Waals surface area contributed by atoms with Crippen LogP contribution in [0.15, 0.2) is 57.1 Å². The minimum Gasteiger partial charge on any atom is -0.362 e. The maximum absolute atomic E-state index is 13.1. The van der Waals surface area contributed by atoms with Gasteiger partial charge in [0.2, 0.25) is 0 Å². The lowest BCUT2D eigenvalue weighted by Crippen LogP contribution is -2.26. The van der Waals surface area contributed by atoms with Crippen molar-refractivity contribution in [1.29, 1.82) is 0 Å². The molecule has 0 unspecified atom stereocenters. The topological polar surface area (TPSA) is 83.8 Å². The number of thiophene rings is 1. The first-order valence-corrected chi connectivity index (χ1v) is 13.7. The third-order valence-electron chi connectivity index (χ3n) is 6.16. The first-order chi connectivity index (χ1) is 16.2. The highest BCUT2D eigenvalue weighted by Gasteiger charge is 2.20. The fourth-order valence-corrected chi connectivity index (χ4v) is 6.03. The van der Waals surface area contributed by atoms with Crippen LogP contribution in [0.4, 0.5) is 5.69 Å². The number of hydrogen-bond donors (Lipinski definition) is 1. The zero-order chi connectivity index (χ0) is 24.3. The molecule has 0 aliphatic carbocycles. The van der Waals surface area contributed by atoms with Crippen molar-refractivity contribution >= 4 is 38.8 Å². The second-order valence-corrected chi connectivity index (χ2v) is 11.3. The standard InChI is InChI=1S/C25H30N4O3S2/c1-18-15-23(19(2)29(18)17-21-10-8-14-33-21)25(30)26-20-9-7-11-22(16-20)34(31,32)27-24-12-5-4-6-13-28(24)3/h7-11,14-16H,4-6,12-13,17H2,1-3H3,(H,26,30)/b27-24+. The van der Waals surface area contributed by atoms with Crippen LogP contribution in [0.1, 0.15) is 52.3 Å². The smallest absolute Gasteiger partial charge is 0.284 e. The van der Waals surface area contributed by atoms with Gasteiger partial charge in [-0.1, -0.05) is 18.6 Å². The van der Waals surface area contributed by atoms with Crippen LogP contribution in [0.5, 0.6) is 0 Å². The molecule has 1 saturated heterocycles. The molecule has 3 aromatic rings. The molecule has 1 amide bonds. The zero-order valence-electron chi connectivity index (χ0n) is 19.7. The summed E-state index contributed by atoms with van der Waals surface area (Å²) < 4.78 is 32.2. The van der Waals surface area contributed by atoms with Gasteiger partial charge in [-0.3, -0.25) is 4.79 Å². The molecule has 0 spiro atoms. The number of benzene rings is 1. The number of hydrogen-bond acceptors (Lipinski definition) is 4. The molecule has 3 heterocycles. The minimum absolute atomic E-state index is 0.0682. The third-order valence-corrected chi connectivity index (χ3v) is 8.32. The molecule has 7 nitrogen and oxygen atoms in total. The maximum Gasteiger partial charge on any atom is 0.284 e. The summed E-state index contributed by atoms with van der Waals surface area (Å²) in [6.07, 6.45) is 3.68. The van der Waals surface area contributed by atoms with E-state index in [0.717, 1.165) is 37.2 Å². The summed E-state index contributed by atoms with van der Waals surface area (Å²) in [5.41, 5.74) is 2.86. The van der Waals surface area contributed by atoms with Crippen LogP contribution in [-0.4, -0.2) is 43.2 Å². The van der Waals surface area contributed by atoms with E-state index in [1.165, 1.54) is 17.0 Å². The molecule has 0 atom stereocenters. The van der Waals surface area contributed by atoms with Gasteiger partial charge in [0.25, 0.3) is 15.9 Å². The van der Waals surface area contributed by atoms with Crippen molar-refractivity contribution in [2.24, 2.45) is 4.40 Å². The molecule has 9 heteroatoms. The summed E-state index contributed by atoms with van der Waals surface area (Å²) in [6.45, 7) is 5.42. The van der Waals surface area contributed by atoms with Gasteiger partial charge in [0.15, 0.2) is 0 Å². The van der Waals surface area contributed by atoms with Crippen LogP contribution in [0.2, 0.25) is 0 Å². The highest BCUT2D eigenvalue weighted by atomic mass is 32.2. The number of anilines is 1. The van der Waals surface area contributed by atoms with E-state index in [0.29, 0.717) is 30.1 Å². The van der Waals surface area contributed by atoms with E-state index in [1.54, 1.807) is 23.5 Å². The van der Waals surface area contributed by atoms with Crippen LogP contribution < -0.4 is 5.32 Å². The first kappa shape index (κ1) is 24.2. The van der Waals surface area contributed by atoms with Gasteiger partial charge in [0, 0.05) is 42.0 Å². The van der Waals surface area contributed by atoms with Crippen LogP contribution in [0.25, 0.3) is 0 Å². The average Bonchev–Trinajstić information content (AvgIpc) is 3.36. The number of nitrogens with one attached hydrogen (secondary N) is 1. The van der Waals surface area contributed by atoms with Gasteiger partial charge in [-0.15, -0.1) is 15.7 Å². The quantitative estimate of drug-likeness (QED) is 0.515. The molecule has 180 valence electrons. The summed E-state index contributed by atoms with van der Waals surface area (Å²) in [6, 6.07) is 12.3. The predicted octanol–water partition coefficient (Wildman–Crippen LogP) is 5.06. The Morgan fingerprint density at radius 2 is 1.94 bits per heavy atom. The van der Waals surface area contributed by atoms with Crippen molar-refractivity contribution in [3.8, 4) is 0 Å². The zero-order valence-corrected chi connectivity index (χ0v) is 21.4. The molecule has 34 heavy (non-hydrogen) atoms. The van der Waals surface area contributed by atoms with E-state index in [2.05, 4.69) is 20.3 Å². The monoisotopic (exact) mass is 498 g/mol. The van der Waals surface area contributed by atoms with E-state index < -0.39 is 10.0 Å². The molecular weight excluding hydrogens is 468 g/mol. The lowest BCUT2D eigenvalue weighted by Gasteiger charge is -2.17. The third kappa shape index (κ3) is 5.42. The van der Waals surface area contributed by atoms with E-state index in [-0.39, 0.29) is 10.8 Å². The second-order valence-electron chi connectivity index (χ2n) is 8.65. The van der Waals surface area contributed by atoms with Gasteiger partial charge in [0.1, 0.15) is 5.84 Å². The number of nitrogens with zero attached hydrogens (tertiary/aromatic N) is 3. The number of amidine groups is 1. The summed E-state index contributed by atoms with van der Waals surface area (Å²) in [5.74, 6) is 0.319. The number of rotatable bonds is 6. The van der Waals surface area contributed by atoms with Crippen molar-refractivity contribution in [3.63, 3.8) is 0 Å². The molecule has 1 aromatic carbocycles. The summed E-state index contributed by atoms with van der Waals surface area (Å²) in [5, 5.41) is 4.90. The molecule has 1 aliphatic rings. The van der Waals surface area contributed by atoms with Crippen molar-refractivity contribution < 1.29 is 13.2 Å². The Balaban J connectivity index is 1.54. The van der Waals surface area contributed by atoms with E-state index in [4.69, 9.17) is 0 Å². The molecule has 2 aromatic heterocycles. The molecule has 0 saturated carbocycles. The molecule has 4 rings (SSSR count). The molecule has 1 fully saturated rings. The Morgan fingerprint density at radius 1 is 1.12 bits per heavy atom. The predicted molar refractivity (Wildman–Crippen MR) is 137 cm³/mol. The lowest BCUT2D eigenvalue weighted by atomic mass is 10.2. The minimum atomic E-state index is -3.88. The van der Waals surface area contributed by atoms with Gasteiger partial charge in [-0.2, -0.15) is 8.42 Å². The Kier molecular flexibility index (Phi) is 7.23. The second kappa shape index (κ2) is 10.1. The van der Waals surface area contributed by atoms with Crippen molar-refractivity contribution in [2.75, 3.05) is 18.9 Å². The lowest BCUT2D eigenvalue weighted by molar-refractivity contribution is 0.102. The van der Waals surface area contributed by atoms with Gasteiger partial charge in [0.05, 0.1) is 17.0 Å². The van der Waals surface area contributed by atoms with Gasteiger partial charge >= 0.3 is 0 Å². The Labute approximate surface area is 205 Å². The average molecular weight is 499 g/mol. The number of sulfonamides is 1. The van der Waals surface area contributed by atoms with Crippen LogP contribution in [-0.2, 0) is 16.6 Å². The Hall–Kier alpha value is -2.91. The first-order valence-electron chi connectivity index (χ1n) is 11.4. The summed E-state index contributed by atoms with van der Waals surface area (Å²) in [4.78, 5) is 16.3. The van der Waals surface area contributed by atoms with Crippen LogP contribution in [0.3, 0.4) is 0 Å². The molecule has 1 aliphatic heterocycles. The van der Waals surface area contributed by atoms with Gasteiger partial charge in [-0.25, -0.2) is 0 Å². The number of amides is 1. The van der Waals surface area contributed by atoms with Gasteiger partial charge in [-0.05, 0) is 62.4 Å².